The number of aryl methyl sites for hydroxylation is 1. The van der Waals surface area contributed by atoms with Gasteiger partial charge in [-0.05, 0) is 72.6 Å². The Hall–Kier alpha value is -2.15. The minimum absolute atomic E-state index is 0.188. The van der Waals surface area contributed by atoms with E-state index in [1.165, 1.54) is 12.1 Å². The minimum atomic E-state index is -1.32. The molecule has 0 aliphatic heterocycles. The summed E-state index contributed by atoms with van der Waals surface area (Å²) < 4.78 is -1.32. The second kappa shape index (κ2) is 9.48. The van der Waals surface area contributed by atoms with E-state index in [9.17, 15) is 9.59 Å². The molecule has 2 amide bonds. The standard InChI is InChI=1S/C24H18Cl5N3O2/c1-11-6-15(30)2-5-19(11)32-22(33)17-10-16(3-4-18(17)27)31-23(34)21-20(24(21,28)29)12-7-13(25)9-14(26)8-12/h2-10,20-21H,30H2,1H3,(H,31,34)(H,32,33)/t20?,21-/m0/s1. The number of rotatable bonds is 5. The van der Waals surface area contributed by atoms with E-state index in [0.29, 0.717) is 32.7 Å². The van der Waals surface area contributed by atoms with Gasteiger partial charge in [-0.3, -0.25) is 9.59 Å². The van der Waals surface area contributed by atoms with Crippen LogP contribution in [0.15, 0.2) is 54.6 Å². The van der Waals surface area contributed by atoms with Gasteiger partial charge in [0.05, 0.1) is 16.5 Å². The van der Waals surface area contributed by atoms with E-state index < -0.39 is 28.0 Å². The van der Waals surface area contributed by atoms with Crippen LogP contribution in [0.3, 0.4) is 0 Å². The zero-order valence-corrected chi connectivity index (χ0v) is 21.4. The van der Waals surface area contributed by atoms with E-state index >= 15 is 0 Å². The summed E-state index contributed by atoms with van der Waals surface area (Å²) in [4.78, 5) is 25.8. The van der Waals surface area contributed by atoms with Crippen LogP contribution in [-0.2, 0) is 4.79 Å². The molecule has 3 aromatic carbocycles. The smallest absolute Gasteiger partial charge is 0.257 e. The SMILES string of the molecule is Cc1cc(N)ccc1NC(=O)c1cc(NC(=O)[C@@H]2C(c3cc(Cl)cc(Cl)c3)C2(Cl)Cl)ccc1Cl. The van der Waals surface area contributed by atoms with E-state index in [4.69, 9.17) is 63.7 Å². The summed E-state index contributed by atoms with van der Waals surface area (Å²) in [7, 11) is 0. The van der Waals surface area contributed by atoms with Crippen molar-refractivity contribution in [2.75, 3.05) is 16.4 Å². The molecule has 0 aromatic heterocycles. The maximum atomic E-state index is 13.0. The summed E-state index contributed by atoms with van der Waals surface area (Å²) in [5, 5.41) is 6.63. The van der Waals surface area contributed by atoms with Crippen LogP contribution in [0.1, 0.15) is 27.4 Å². The van der Waals surface area contributed by atoms with E-state index in [1.807, 2.05) is 6.92 Å². The fourth-order valence-electron chi connectivity index (χ4n) is 3.84. The van der Waals surface area contributed by atoms with Crippen LogP contribution in [0.2, 0.25) is 15.1 Å². The maximum absolute atomic E-state index is 13.0. The summed E-state index contributed by atoms with van der Waals surface area (Å²) in [6.45, 7) is 1.83. The zero-order valence-electron chi connectivity index (χ0n) is 17.6. The lowest BCUT2D eigenvalue weighted by Crippen LogP contribution is -2.18. The number of benzene rings is 3. The van der Waals surface area contributed by atoms with Gasteiger partial charge in [-0.25, -0.2) is 0 Å². The Balaban J connectivity index is 1.52. The summed E-state index contributed by atoms with van der Waals surface area (Å²) in [5.74, 6) is -2.07. The highest BCUT2D eigenvalue weighted by Crippen LogP contribution is 2.65. The number of nitrogen functional groups attached to an aromatic ring is 1. The van der Waals surface area contributed by atoms with E-state index in [-0.39, 0.29) is 10.6 Å². The fraction of sp³-hybridized carbons (Fsp3) is 0.167. The van der Waals surface area contributed by atoms with Crippen LogP contribution in [0.4, 0.5) is 17.1 Å². The van der Waals surface area contributed by atoms with Crippen molar-refractivity contribution < 1.29 is 9.59 Å². The number of hydrogen-bond donors (Lipinski definition) is 3. The number of anilines is 3. The van der Waals surface area contributed by atoms with Crippen LogP contribution in [-0.4, -0.2) is 16.1 Å². The van der Waals surface area contributed by atoms with Crippen molar-refractivity contribution in [1.29, 1.82) is 0 Å². The third-order valence-electron chi connectivity index (χ3n) is 5.56. The molecule has 0 saturated heterocycles. The number of carbonyl (C=O) groups is 2. The number of nitrogens with two attached hydrogens (primary N) is 1. The molecule has 1 aliphatic carbocycles. The summed E-state index contributed by atoms with van der Waals surface area (Å²) in [6.07, 6.45) is 0. The molecule has 176 valence electrons. The normalized spacial score (nSPS) is 18.3. The first kappa shape index (κ1) is 25.0. The Labute approximate surface area is 221 Å². The van der Waals surface area contributed by atoms with Gasteiger partial charge in [0, 0.05) is 33.0 Å². The number of nitrogens with one attached hydrogen (secondary N) is 2. The van der Waals surface area contributed by atoms with Gasteiger partial charge in [0.25, 0.3) is 5.91 Å². The van der Waals surface area contributed by atoms with Crippen molar-refractivity contribution in [2.24, 2.45) is 5.92 Å². The monoisotopic (exact) mass is 555 g/mol. The molecule has 1 unspecified atom stereocenters. The summed E-state index contributed by atoms with van der Waals surface area (Å²) in [5.41, 5.74) is 8.97. The van der Waals surface area contributed by atoms with E-state index in [1.54, 1.807) is 42.5 Å². The third kappa shape index (κ3) is 5.09. The fourth-order valence-corrected chi connectivity index (χ4v) is 5.41. The number of amides is 2. The number of hydrogen-bond acceptors (Lipinski definition) is 3. The molecule has 0 spiro atoms. The first-order chi connectivity index (χ1) is 16.0. The van der Waals surface area contributed by atoms with E-state index in [2.05, 4.69) is 10.6 Å². The van der Waals surface area contributed by atoms with Crippen molar-refractivity contribution in [3.05, 3.63) is 86.4 Å². The van der Waals surface area contributed by atoms with Crippen LogP contribution in [0, 0.1) is 12.8 Å². The highest BCUT2D eigenvalue weighted by molar-refractivity contribution is 6.53. The second-order valence-electron chi connectivity index (χ2n) is 8.05. The van der Waals surface area contributed by atoms with Crippen LogP contribution >= 0.6 is 58.0 Å². The Morgan fingerprint density at radius 3 is 2.24 bits per heavy atom. The molecule has 10 heteroatoms. The molecule has 1 aliphatic rings. The molecular formula is C24H18Cl5N3O2. The van der Waals surface area contributed by atoms with Crippen LogP contribution in [0.25, 0.3) is 0 Å². The molecule has 0 bridgehead atoms. The Morgan fingerprint density at radius 2 is 1.59 bits per heavy atom. The van der Waals surface area contributed by atoms with Gasteiger partial charge in [-0.1, -0.05) is 34.8 Å². The maximum Gasteiger partial charge on any atom is 0.257 e. The van der Waals surface area contributed by atoms with Gasteiger partial charge in [0.15, 0.2) is 0 Å². The second-order valence-corrected chi connectivity index (χ2v) is 10.8. The molecule has 3 aromatic rings. The van der Waals surface area contributed by atoms with Gasteiger partial charge < -0.3 is 16.4 Å². The quantitative estimate of drug-likeness (QED) is 0.227. The minimum Gasteiger partial charge on any atom is -0.399 e. The van der Waals surface area contributed by atoms with Crippen molar-refractivity contribution in [1.82, 2.24) is 0 Å². The highest BCUT2D eigenvalue weighted by Gasteiger charge is 2.67. The van der Waals surface area contributed by atoms with Crippen LogP contribution in [0.5, 0.6) is 0 Å². The molecule has 1 saturated carbocycles. The van der Waals surface area contributed by atoms with Gasteiger partial charge in [0.2, 0.25) is 5.91 Å². The molecule has 5 nitrogen and oxygen atoms in total. The van der Waals surface area contributed by atoms with E-state index in [0.717, 1.165) is 5.56 Å². The molecule has 1 fully saturated rings. The van der Waals surface area contributed by atoms with Gasteiger partial charge >= 0.3 is 0 Å². The molecule has 0 radical (unpaired) electrons. The lowest BCUT2D eigenvalue weighted by molar-refractivity contribution is -0.117. The third-order valence-corrected chi connectivity index (χ3v) is 7.26. The molecule has 2 atom stereocenters. The number of carbonyl (C=O) groups excluding carboxylic acids is 2. The molecule has 0 heterocycles. The topological polar surface area (TPSA) is 84.2 Å². The molecule has 34 heavy (non-hydrogen) atoms. The predicted octanol–water partition coefficient (Wildman–Crippen LogP) is 7.32. The number of halogens is 5. The first-order valence-corrected chi connectivity index (χ1v) is 12.0. The molecular weight excluding hydrogens is 540 g/mol. The predicted molar refractivity (Wildman–Crippen MR) is 141 cm³/mol. The van der Waals surface area contributed by atoms with Gasteiger partial charge in [0.1, 0.15) is 4.33 Å². The molecule has 4 rings (SSSR count). The Morgan fingerprint density at radius 1 is 0.912 bits per heavy atom. The Kier molecular flexibility index (Phi) is 6.96. The van der Waals surface area contributed by atoms with Crippen molar-refractivity contribution >= 4 is 86.9 Å². The van der Waals surface area contributed by atoms with Crippen LogP contribution < -0.4 is 16.4 Å². The largest absolute Gasteiger partial charge is 0.399 e. The highest BCUT2D eigenvalue weighted by atomic mass is 35.5. The van der Waals surface area contributed by atoms with Gasteiger partial charge in [-0.15, -0.1) is 23.2 Å². The summed E-state index contributed by atoms with van der Waals surface area (Å²) >= 11 is 31.3. The average molecular weight is 558 g/mol. The Bertz CT molecular complexity index is 1290. The summed E-state index contributed by atoms with van der Waals surface area (Å²) in [6, 6.07) is 14.7. The van der Waals surface area contributed by atoms with Crippen molar-refractivity contribution in [3.8, 4) is 0 Å². The zero-order chi connectivity index (χ0) is 24.8. The first-order valence-electron chi connectivity index (χ1n) is 10.1. The van der Waals surface area contributed by atoms with Gasteiger partial charge in [-0.2, -0.15) is 0 Å². The average Bonchev–Trinajstić information content (AvgIpc) is 3.33. The number of alkyl halides is 2. The lowest BCUT2D eigenvalue weighted by Gasteiger charge is -2.12. The lowest BCUT2D eigenvalue weighted by atomic mass is 10.1. The molecule has 4 N–H and O–H groups in total. The van der Waals surface area contributed by atoms with Crippen molar-refractivity contribution in [2.45, 2.75) is 17.2 Å². The van der Waals surface area contributed by atoms with Crippen molar-refractivity contribution in [3.63, 3.8) is 0 Å².